The number of ketones is 1. The summed E-state index contributed by atoms with van der Waals surface area (Å²) in [7, 11) is -4.82. The second-order valence-electron chi connectivity index (χ2n) is 13.5. The number of fused-ring (bicyclic) bond motifs is 5. The maximum absolute atomic E-state index is 13.5. The minimum absolute atomic E-state index is 0.0185. The van der Waals surface area contributed by atoms with Crippen LogP contribution in [0.5, 0.6) is 0 Å². The molecule has 3 saturated carbocycles. The standard InChI is InChI=1S/C27H45O9P/c1-15(20(28)8-9-24(2,3)31)16-7-11-27(32)18-12-21(29)19-13-23(36-37(33,34)35)22(30)14-25(19,4)17(18)6-10-26(16,27)5/h12,15-17,19-20,22-23,28,30-32H,6-11,13-14H2,1-5H3,(H2,33,34,35)/t15-,16+,17-,19-,20+,22-,23+,25+,26+,27+/m0/s1. The third-order valence-electron chi connectivity index (χ3n) is 10.7. The molecular weight excluding hydrogens is 499 g/mol. The van der Waals surface area contributed by atoms with E-state index in [2.05, 4.69) is 6.92 Å². The molecule has 0 amide bonds. The Morgan fingerprint density at radius 2 is 1.84 bits per heavy atom. The van der Waals surface area contributed by atoms with Gasteiger partial charge in [0.1, 0.15) is 0 Å². The number of phosphoric ester groups is 1. The highest BCUT2D eigenvalue weighted by Gasteiger charge is 2.67. The second kappa shape index (κ2) is 9.48. The summed E-state index contributed by atoms with van der Waals surface area (Å²) in [6, 6.07) is 0. The number of hydrogen-bond acceptors (Lipinski definition) is 7. The van der Waals surface area contributed by atoms with Crippen LogP contribution in [0, 0.1) is 34.5 Å². The van der Waals surface area contributed by atoms with Gasteiger partial charge in [0.05, 0.1) is 29.5 Å². The SMILES string of the molecule is C[C@H]([C@H](O)CCC(C)(C)O)[C@H]1CC[C@@]2(O)C3=CC(=O)[C@@H]4C[C@@H](OP(=O)(O)O)[C@@H](O)C[C@]4(C)[C@H]3CC[C@]12C. The molecule has 4 aliphatic rings. The van der Waals surface area contributed by atoms with Crippen molar-refractivity contribution >= 4 is 13.6 Å². The molecule has 10 atom stereocenters. The van der Waals surface area contributed by atoms with E-state index in [4.69, 9.17) is 4.52 Å². The van der Waals surface area contributed by atoms with Gasteiger partial charge in [-0.1, -0.05) is 20.8 Å². The predicted octanol–water partition coefficient (Wildman–Crippen LogP) is 2.86. The highest BCUT2D eigenvalue weighted by molar-refractivity contribution is 7.46. The lowest BCUT2D eigenvalue weighted by Crippen LogP contribution is -2.61. The Labute approximate surface area is 219 Å². The van der Waals surface area contributed by atoms with Crippen molar-refractivity contribution in [2.75, 3.05) is 0 Å². The van der Waals surface area contributed by atoms with Crippen molar-refractivity contribution in [1.29, 1.82) is 0 Å². The Balaban J connectivity index is 1.61. The summed E-state index contributed by atoms with van der Waals surface area (Å²) in [5.41, 5.74) is -2.56. The van der Waals surface area contributed by atoms with Gasteiger partial charge in [0.25, 0.3) is 0 Å². The maximum Gasteiger partial charge on any atom is 0.469 e. The van der Waals surface area contributed by atoms with Crippen LogP contribution in [0.2, 0.25) is 0 Å². The minimum Gasteiger partial charge on any atom is -0.393 e. The van der Waals surface area contributed by atoms with Crippen LogP contribution in [0.1, 0.15) is 86.0 Å². The summed E-state index contributed by atoms with van der Waals surface area (Å²) in [5.74, 6) is -0.959. The molecule has 0 saturated heterocycles. The molecular formula is C27H45O9P. The van der Waals surface area contributed by atoms with Gasteiger partial charge in [0, 0.05) is 11.3 Å². The third kappa shape index (κ3) is 5.04. The van der Waals surface area contributed by atoms with Crippen LogP contribution in [0.15, 0.2) is 11.6 Å². The van der Waals surface area contributed by atoms with Crippen molar-refractivity contribution in [3.05, 3.63) is 11.6 Å². The Hall–Kier alpha value is -0.640. The smallest absolute Gasteiger partial charge is 0.393 e. The van der Waals surface area contributed by atoms with Crippen molar-refractivity contribution < 1.29 is 44.1 Å². The summed E-state index contributed by atoms with van der Waals surface area (Å²) in [5, 5.41) is 44.2. The predicted molar refractivity (Wildman–Crippen MR) is 136 cm³/mol. The Morgan fingerprint density at radius 3 is 2.43 bits per heavy atom. The van der Waals surface area contributed by atoms with E-state index in [9.17, 15) is 39.6 Å². The van der Waals surface area contributed by atoms with Crippen LogP contribution in [0.4, 0.5) is 0 Å². The highest BCUT2D eigenvalue weighted by Crippen LogP contribution is 2.68. The van der Waals surface area contributed by atoms with Crippen LogP contribution in [0.3, 0.4) is 0 Å². The van der Waals surface area contributed by atoms with Crippen molar-refractivity contribution in [2.24, 2.45) is 34.5 Å². The molecule has 212 valence electrons. The first-order chi connectivity index (χ1) is 16.8. The fourth-order valence-corrected chi connectivity index (χ4v) is 9.14. The molecule has 0 spiro atoms. The van der Waals surface area contributed by atoms with Gasteiger partial charge in [-0.15, -0.1) is 0 Å². The van der Waals surface area contributed by atoms with Gasteiger partial charge in [-0.2, -0.15) is 0 Å². The van der Waals surface area contributed by atoms with E-state index in [-0.39, 0.29) is 36.4 Å². The average molecular weight is 545 g/mol. The molecule has 0 bridgehead atoms. The first-order valence-corrected chi connectivity index (χ1v) is 15.2. The van der Waals surface area contributed by atoms with Crippen molar-refractivity contribution in [3.8, 4) is 0 Å². The lowest BCUT2D eigenvalue weighted by atomic mass is 9.46. The molecule has 10 heteroatoms. The van der Waals surface area contributed by atoms with Gasteiger partial charge in [0.2, 0.25) is 0 Å². The summed E-state index contributed by atoms with van der Waals surface area (Å²) < 4.78 is 16.3. The van der Waals surface area contributed by atoms with Gasteiger partial charge < -0.3 is 30.2 Å². The molecule has 6 N–H and O–H groups in total. The maximum atomic E-state index is 13.5. The number of hydrogen-bond donors (Lipinski definition) is 6. The first-order valence-electron chi connectivity index (χ1n) is 13.6. The molecule has 0 heterocycles. The van der Waals surface area contributed by atoms with Gasteiger partial charge in [0.15, 0.2) is 5.78 Å². The summed E-state index contributed by atoms with van der Waals surface area (Å²) in [6.45, 7) is 9.49. The minimum atomic E-state index is -4.82. The number of carbonyl (C=O) groups is 1. The highest BCUT2D eigenvalue weighted by atomic mass is 31.2. The summed E-state index contributed by atoms with van der Waals surface area (Å²) in [4.78, 5) is 32.0. The van der Waals surface area contributed by atoms with E-state index in [0.29, 0.717) is 44.1 Å². The molecule has 3 fully saturated rings. The zero-order valence-electron chi connectivity index (χ0n) is 22.6. The topological polar surface area (TPSA) is 165 Å². The first kappa shape index (κ1) is 29.3. The third-order valence-corrected chi connectivity index (χ3v) is 11.3. The van der Waals surface area contributed by atoms with Crippen LogP contribution in [0.25, 0.3) is 0 Å². The fraction of sp³-hybridized carbons (Fsp3) is 0.889. The van der Waals surface area contributed by atoms with Gasteiger partial charge >= 0.3 is 7.82 Å². The van der Waals surface area contributed by atoms with Crippen molar-refractivity contribution in [1.82, 2.24) is 0 Å². The molecule has 4 rings (SSSR count). The number of phosphoric acid groups is 1. The summed E-state index contributed by atoms with van der Waals surface area (Å²) >= 11 is 0. The Kier molecular flexibility index (Phi) is 7.52. The van der Waals surface area contributed by atoms with Crippen LogP contribution in [-0.4, -0.2) is 65.5 Å². The molecule has 4 aliphatic carbocycles. The second-order valence-corrected chi connectivity index (χ2v) is 14.7. The van der Waals surface area contributed by atoms with Crippen molar-refractivity contribution in [3.63, 3.8) is 0 Å². The molecule has 0 aliphatic heterocycles. The lowest BCUT2D eigenvalue weighted by Gasteiger charge is -2.60. The normalized spacial score (nSPS) is 43.9. The van der Waals surface area contributed by atoms with Crippen LogP contribution in [-0.2, 0) is 13.9 Å². The van der Waals surface area contributed by atoms with Crippen LogP contribution >= 0.6 is 7.82 Å². The molecule has 0 unspecified atom stereocenters. The molecule has 0 aromatic rings. The lowest BCUT2D eigenvalue weighted by molar-refractivity contribution is -0.153. The monoisotopic (exact) mass is 544 g/mol. The number of allylic oxidation sites excluding steroid dienone is 1. The molecule has 0 aromatic heterocycles. The number of aliphatic hydroxyl groups is 4. The molecule has 0 aromatic carbocycles. The Morgan fingerprint density at radius 1 is 1.19 bits per heavy atom. The van der Waals surface area contributed by atoms with E-state index in [1.165, 1.54) is 0 Å². The average Bonchev–Trinajstić information content (AvgIpc) is 3.03. The fourth-order valence-electron chi connectivity index (χ4n) is 8.56. The van der Waals surface area contributed by atoms with E-state index in [0.717, 1.165) is 0 Å². The molecule has 37 heavy (non-hydrogen) atoms. The zero-order chi connectivity index (χ0) is 27.8. The van der Waals surface area contributed by atoms with E-state index in [1.807, 2.05) is 13.8 Å². The van der Waals surface area contributed by atoms with Crippen molar-refractivity contribution in [2.45, 2.75) is 115 Å². The van der Waals surface area contributed by atoms with E-state index >= 15 is 0 Å². The number of carbonyl (C=O) groups excluding carboxylic acids is 1. The number of rotatable bonds is 7. The van der Waals surface area contributed by atoms with Gasteiger partial charge in [-0.05, 0) is 100 Å². The number of aliphatic hydroxyl groups excluding tert-OH is 2. The summed E-state index contributed by atoms with van der Waals surface area (Å²) in [6.07, 6.45) is 2.42. The molecule has 0 radical (unpaired) electrons. The van der Waals surface area contributed by atoms with Crippen LogP contribution < -0.4 is 0 Å². The largest absolute Gasteiger partial charge is 0.469 e. The van der Waals surface area contributed by atoms with E-state index < -0.39 is 54.1 Å². The van der Waals surface area contributed by atoms with Gasteiger partial charge in [-0.3, -0.25) is 9.32 Å². The van der Waals surface area contributed by atoms with Gasteiger partial charge in [-0.25, -0.2) is 4.57 Å². The zero-order valence-corrected chi connectivity index (χ0v) is 23.5. The molecule has 9 nitrogen and oxygen atoms in total. The quantitative estimate of drug-likeness (QED) is 0.264. The van der Waals surface area contributed by atoms with E-state index in [1.54, 1.807) is 19.9 Å². The Bertz CT molecular complexity index is 985.